The monoisotopic (exact) mass is 199 g/mol. The van der Waals surface area contributed by atoms with Gasteiger partial charge in [0.1, 0.15) is 5.15 Å². The lowest BCUT2D eigenvalue weighted by Gasteiger charge is -2.00. The van der Waals surface area contributed by atoms with E-state index in [-0.39, 0.29) is 0 Å². The van der Waals surface area contributed by atoms with Crippen LogP contribution in [0, 0.1) is 0 Å². The summed E-state index contributed by atoms with van der Waals surface area (Å²) in [4.78, 5) is 0. The van der Waals surface area contributed by atoms with Crippen molar-refractivity contribution in [3.8, 4) is 0 Å². The van der Waals surface area contributed by atoms with Gasteiger partial charge in [0.15, 0.2) is 0 Å². The third-order valence-corrected chi connectivity index (χ3v) is 2.76. The summed E-state index contributed by atoms with van der Waals surface area (Å²) < 4.78 is 1.94. The maximum absolute atomic E-state index is 6.15. The van der Waals surface area contributed by atoms with Gasteiger partial charge in [-0.05, 0) is 32.2 Å². The van der Waals surface area contributed by atoms with Gasteiger partial charge in [-0.15, -0.1) is 0 Å². The maximum atomic E-state index is 6.15. The van der Waals surface area contributed by atoms with Crippen LogP contribution in [-0.4, -0.2) is 16.3 Å². The molecule has 0 saturated heterocycles. The van der Waals surface area contributed by atoms with Gasteiger partial charge in [0.25, 0.3) is 0 Å². The Balaban J connectivity index is 2.08. The number of aryl methyl sites for hydroxylation is 1. The molecule has 0 amide bonds. The van der Waals surface area contributed by atoms with Gasteiger partial charge in [-0.1, -0.05) is 11.6 Å². The molecule has 1 aliphatic carbocycles. The molecule has 72 valence electrons. The van der Waals surface area contributed by atoms with Crippen molar-refractivity contribution in [3.05, 3.63) is 16.9 Å². The molecule has 0 bridgehead atoms. The van der Waals surface area contributed by atoms with E-state index in [1.807, 2.05) is 10.9 Å². The summed E-state index contributed by atoms with van der Waals surface area (Å²) in [7, 11) is 0. The normalized spacial score (nSPS) is 16.5. The van der Waals surface area contributed by atoms with Gasteiger partial charge in [0.05, 0.1) is 12.2 Å². The molecule has 1 saturated carbocycles. The first-order valence-corrected chi connectivity index (χ1v) is 5.12. The minimum atomic E-state index is 0.569. The average molecular weight is 200 g/mol. The van der Waals surface area contributed by atoms with Gasteiger partial charge >= 0.3 is 0 Å². The van der Waals surface area contributed by atoms with Crippen LogP contribution in [-0.2, 0) is 6.42 Å². The lowest BCUT2D eigenvalue weighted by Crippen LogP contribution is -2.00. The first kappa shape index (κ1) is 9.03. The van der Waals surface area contributed by atoms with Crippen LogP contribution in [0.5, 0.6) is 0 Å². The second-order valence-corrected chi connectivity index (χ2v) is 3.89. The van der Waals surface area contributed by atoms with Gasteiger partial charge < -0.3 is 5.73 Å². The summed E-state index contributed by atoms with van der Waals surface area (Å²) >= 11 is 6.15. The summed E-state index contributed by atoms with van der Waals surface area (Å²) in [6.07, 6.45) is 6.24. The smallest absolute Gasteiger partial charge is 0.130 e. The maximum Gasteiger partial charge on any atom is 0.130 e. The molecule has 0 aliphatic heterocycles. The Kier molecular flexibility index (Phi) is 2.56. The van der Waals surface area contributed by atoms with Crippen LogP contribution in [0.1, 0.15) is 30.9 Å². The van der Waals surface area contributed by atoms with E-state index in [9.17, 15) is 0 Å². The molecule has 0 spiro atoms. The zero-order valence-corrected chi connectivity index (χ0v) is 8.30. The lowest BCUT2D eigenvalue weighted by molar-refractivity contribution is 0.641. The van der Waals surface area contributed by atoms with E-state index < -0.39 is 0 Å². The zero-order valence-electron chi connectivity index (χ0n) is 7.54. The third-order valence-electron chi connectivity index (χ3n) is 2.35. The van der Waals surface area contributed by atoms with Crippen LogP contribution in [0.3, 0.4) is 0 Å². The fraction of sp³-hybridized carbons (Fsp3) is 0.667. The van der Waals surface area contributed by atoms with Crippen molar-refractivity contribution in [1.82, 2.24) is 9.78 Å². The van der Waals surface area contributed by atoms with Crippen LogP contribution >= 0.6 is 11.6 Å². The number of halogens is 1. The summed E-state index contributed by atoms with van der Waals surface area (Å²) in [6.45, 7) is 0.713. The van der Waals surface area contributed by atoms with Crippen molar-refractivity contribution < 1.29 is 0 Å². The highest BCUT2D eigenvalue weighted by atomic mass is 35.5. The Bertz CT molecular complexity index is 291. The highest BCUT2D eigenvalue weighted by molar-refractivity contribution is 6.30. The Hall–Kier alpha value is -0.540. The minimum absolute atomic E-state index is 0.569. The SMILES string of the molecule is NCCCc1cnn(C2CC2)c1Cl. The molecule has 0 aromatic carbocycles. The molecule has 1 aliphatic rings. The molecule has 1 aromatic heterocycles. The van der Waals surface area contributed by atoms with Crippen molar-refractivity contribution in [2.45, 2.75) is 31.7 Å². The zero-order chi connectivity index (χ0) is 9.26. The van der Waals surface area contributed by atoms with E-state index in [1.165, 1.54) is 12.8 Å². The Labute approximate surface area is 82.9 Å². The minimum Gasteiger partial charge on any atom is -0.330 e. The highest BCUT2D eigenvalue weighted by Crippen LogP contribution is 2.37. The van der Waals surface area contributed by atoms with Gasteiger partial charge in [0, 0.05) is 5.56 Å². The van der Waals surface area contributed by atoms with E-state index in [4.69, 9.17) is 17.3 Å². The number of hydrogen-bond acceptors (Lipinski definition) is 2. The Morgan fingerprint density at radius 2 is 2.38 bits per heavy atom. The van der Waals surface area contributed by atoms with E-state index in [0.29, 0.717) is 12.6 Å². The molecule has 0 atom stereocenters. The Morgan fingerprint density at radius 3 is 3.00 bits per heavy atom. The van der Waals surface area contributed by atoms with Crippen molar-refractivity contribution >= 4 is 11.6 Å². The molecular weight excluding hydrogens is 186 g/mol. The van der Waals surface area contributed by atoms with Gasteiger partial charge in [-0.25, -0.2) is 0 Å². The largest absolute Gasteiger partial charge is 0.330 e. The second kappa shape index (κ2) is 3.68. The van der Waals surface area contributed by atoms with Gasteiger partial charge in [-0.3, -0.25) is 4.68 Å². The summed E-state index contributed by atoms with van der Waals surface area (Å²) in [5.74, 6) is 0. The van der Waals surface area contributed by atoms with Crippen LogP contribution in [0.25, 0.3) is 0 Å². The predicted molar refractivity (Wildman–Crippen MR) is 52.9 cm³/mol. The summed E-state index contributed by atoms with van der Waals surface area (Å²) in [5.41, 5.74) is 6.57. The molecule has 2 rings (SSSR count). The van der Waals surface area contributed by atoms with Crippen molar-refractivity contribution in [3.63, 3.8) is 0 Å². The van der Waals surface area contributed by atoms with E-state index >= 15 is 0 Å². The summed E-state index contributed by atoms with van der Waals surface area (Å²) in [5, 5.41) is 5.09. The fourth-order valence-corrected chi connectivity index (χ4v) is 1.74. The molecule has 4 heteroatoms. The van der Waals surface area contributed by atoms with Crippen LogP contribution < -0.4 is 5.73 Å². The fourth-order valence-electron chi connectivity index (χ4n) is 1.42. The van der Waals surface area contributed by atoms with Crippen LogP contribution in [0.2, 0.25) is 5.15 Å². The molecular formula is C9H14ClN3. The number of rotatable bonds is 4. The van der Waals surface area contributed by atoms with E-state index in [1.54, 1.807) is 0 Å². The Morgan fingerprint density at radius 1 is 1.62 bits per heavy atom. The number of aromatic nitrogens is 2. The second-order valence-electron chi connectivity index (χ2n) is 3.53. The predicted octanol–water partition coefficient (Wildman–Crippen LogP) is 1.76. The first-order chi connectivity index (χ1) is 6.33. The molecule has 13 heavy (non-hydrogen) atoms. The van der Waals surface area contributed by atoms with Crippen LogP contribution in [0.15, 0.2) is 6.20 Å². The van der Waals surface area contributed by atoms with E-state index in [2.05, 4.69) is 5.10 Å². The first-order valence-electron chi connectivity index (χ1n) is 4.75. The van der Waals surface area contributed by atoms with Crippen molar-refractivity contribution in [2.75, 3.05) is 6.54 Å². The molecule has 0 radical (unpaired) electrons. The molecule has 2 N–H and O–H groups in total. The average Bonchev–Trinajstić information content (AvgIpc) is 2.89. The van der Waals surface area contributed by atoms with Gasteiger partial charge in [0.2, 0.25) is 0 Å². The van der Waals surface area contributed by atoms with Crippen molar-refractivity contribution in [2.24, 2.45) is 5.73 Å². The highest BCUT2D eigenvalue weighted by Gasteiger charge is 2.27. The molecule has 0 unspecified atom stereocenters. The van der Waals surface area contributed by atoms with E-state index in [0.717, 1.165) is 23.6 Å². The summed E-state index contributed by atoms with van der Waals surface area (Å²) in [6, 6.07) is 0.569. The lowest BCUT2D eigenvalue weighted by atomic mass is 10.2. The standard InChI is InChI=1S/C9H14ClN3/c10-9-7(2-1-5-11)6-12-13(9)8-3-4-8/h6,8H,1-5,11H2. The third kappa shape index (κ3) is 1.86. The number of hydrogen-bond donors (Lipinski definition) is 1. The molecule has 1 fully saturated rings. The molecule has 1 aromatic rings. The van der Waals surface area contributed by atoms with Crippen LogP contribution in [0.4, 0.5) is 0 Å². The number of nitrogens with two attached hydrogens (primary N) is 1. The van der Waals surface area contributed by atoms with Crippen molar-refractivity contribution in [1.29, 1.82) is 0 Å². The molecule has 3 nitrogen and oxygen atoms in total. The number of nitrogens with zero attached hydrogens (tertiary/aromatic N) is 2. The quantitative estimate of drug-likeness (QED) is 0.803. The van der Waals surface area contributed by atoms with Gasteiger partial charge in [-0.2, -0.15) is 5.10 Å². The topological polar surface area (TPSA) is 43.8 Å². The molecule has 1 heterocycles.